The Labute approximate surface area is 179 Å². The lowest BCUT2D eigenvalue weighted by atomic mass is 9.78. The Morgan fingerprint density at radius 2 is 1.70 bits per heavy atom. The van der Waals surface area contributed by atoms with Crippen LogP contribution in [0, 0.1) is 0 Å². The molecule has 1 saturated heterocycles. The number of allylic oxidation sites excluding steroid dienone is 1. The summed E-state index contributed by atoms with van der Waals surface area (Å²) in [6, 6.07) is 15.8. The van der Waals surface area contributed by atoms with Crippen LogP contribution in [-0.2, 0) is 20.5 Å². The lowest BCUT2D eigenvalue weighted by Gasteiger charge is -2.32. The Bertz CT molecular complexity index is 860. The molecule has 5 nitrogen and oxygen atoms in total. The van der Waals surface area contributed by atoms with Crippen LogP contribution in [0.15, 0.2) is 54.3 Å². The maximum atomic E-state index is 10.5. The van der Waals surface area contributed by atoms with Gasteiger partial charge in [-0.2, -0.15) is 0 Å². The molecule has 30 heavy (non-hydrogen) atoms. The van der Waals surface area contributed by atoms with E-state index in [1.807, 2.05) is 64.1 Å². The molecule has 160 valence electrons. The summed E-state index contributed by atoms with van der Waals surface area (Å²) in [5, 5.41) is 10.5. The van der Waals surface area contributed by atoms with Gasteiger partial charge in [-0.05, 0) is 57.3 Å². The summed E-state index contributed by atoms with van der Waals surface area (Å²) in [5.41, 5.74) is 1.97. The summed E-state index contributed by atoms with van der Waals surface area (Å²) in [6.07, 6.45) is 3.03. The monoisotopic (exact) mass is 410 g/mol. The largest absolute Gasteiger partial charge is 0.512 e. The van der Waals surface area contributed by atoms with E-state index < -0.39 is 18.3 Å². The molecule has 2 aromatic carbocycles. The minimum atomic E-state index is -0.481. The fourth-order valence-electron chi connectivity index (χ4n) is 3.23. The van der Waals surface area contributed by atoms with E-state index >= 15 is 0 Å². The van der Waals surface area contributed by atoms with Crippen LogP contribution >= 0.6 is 0 Å². The van der Waals surface area contributed by atoms with Crippen molar-refractivity contribution in [1.82, 2.24) is 0 Å². The van der Waals surface area contributed by atoms with Crippen LogP contribution in [-0.4, -0.2) is 37.3 Å². The third kappa shape index (κ3) is 5.25. The molecule has 2 aromatic rings. The molecular formula is C24H31BO5. The van der Waals surface area contributed by atoms with E-state index in [-0.39, 0.29) is 12.6 Å². The highest BCUT2D eigenvalue weighted by atomic mass is 16.7. The van der Waals surface area contributed by atoms with Gasteiger partial charge in [0.05, 0.1) is 17.0 Å². The second-order valence-corrected chi connectivity index (χ2v) is 8.56. The van der Waals surface area contributed by atoms with Gasteiger partial charge in [0.15, 0.2) is 6.79 Å². The van der Waals surface area contributed by atoms with Crippen molar-refractivity contribution in [2.45, 2.75) is 51.7 Å². The van der Waals surface area contributed by atoms with Gasteiger partial charge in [-0.1, -0.05) is 42.5 Å². The van der Waals surface area contributed by atoms with Crippen LogP contribution in [0.5, 0.6) is 5.75 Å². The predicted octanol–water partition coefficient (Wildman–Crippen LogP) is 4.50. The number of rotatable bonds is 8. The summed E-state index contributed by atoms with van der Waals surface area (Å²) >= 11 is 0. The zero-order valence-electron chi connectivity index (χ0n) is 18.5. The maximum Gasteiger partial charge on any atom is 0.494 e. The van der Waals surface area contributed by atoms with Crippen molar-refractivity contribution in [2.75, 3.05) is 13.9 Å². The van der Waals surface area contributed by atoms with Crippen molar-refractivity contribution < 1.29 is 23.9 Å². The van der Waals surface area contributed by atoms with Gasteiger partial charge in [-0.15, -0.1) is 0 Å². The lowest BCUT2D eigenvalue weighted by Crippen LogP contribution is -2.41. The molecule has 0 spiro atoms. The fraction of sp³-hybridized carbons (Fsp3) is 0.417. The average Bonchev–Trinajstić information content (AvgIpc) is 2.93. The molecule has 1 N–H and O–H groups in total. The van der Waals surface area contributed by atoms with Gasteiger partial charge in [0.1, 0.15) is 5.75 Å². The van der Waals surface area contributed by atoms with Gasteiger partial charge >= 0.3 is 7.12 Å². The Morgan fingerprint density at radius 3 is 2.33 bits per heavy atom. The number of benzene rings is 2. The number of aliphatic hydroxyl groups excluding tert-OH is 1. The Balaban J connectivity index is 1.82. The highest BCUT2D eigenvalue weighted by molar-refractivity contribution is 6.62. The summed E-state index contributed by atoms with van der Waals surface area (Å²) in [4.78, 5) is 0. The van der Waals surface area contributed by atoms with Crippen molar-refractivity contribution in [3.05, 3.63) is 65.4 Å². The van der Waals surface area contributed by atoms with Crippen LogP contribution in [0.25, 0.3) is 6.08 Å². The predicted molar refractivity (Wildman–Crippen MR) is 120 cm³/mol. The Morgan fingerprint density at radius 1 is 1.03 bits per heavy atom. The molecule has 0 radical (unpaired) electrons. The number of hydrogen-bond acceptors (Lipinski definition) is 5. The molecule has 3 rings (SSSR count). The van der Waals surface area contributed by atoms with E-state index in [1.54, 1.807) is 13.2 Å². The maximum absolute atomic E-state index is 10.5. The summed E-state index contributed by atoms with van der Waals surface area (Å²) < 4.78 is 23.1. The van der Waals surface area contributed by atoms with E-state index in [0.29, 0.717) is 12.2 Å². The minimum absolute atomic E-state index is 0.126. The molecule has 1 fully saturated rings. The molecule has 6 heteroatoms. The van der Waals surface area contributed by atoms with Crippen molar-refractivity contribution in [3.8, 4) is 5.75 Å². The van der Waals surface area contributed by atoms with Gasteiger partial charge < -0.3 is 23.9 Å². The highest BCUT2D eigenvalue weighted by Gasteiger charge is 2.51. The van der Waals surface area contributed by atoms with Crippen LogP contribution in [0.2, 0.25) is 0 Å². The molecule has 0 unspecified atom stereocenters. The van der Waals surface area contributed by atoms with Crippen LogP contribution in [0.1, 0.15) is 45.2 Å². The second kappa shape index (κ2) is 9.25. The fourth-order valence-corrected chi connectivity index (χ4v) is 3.23. The molecule has 0 bridgehead atoms. The van der Waals surface area contributed by atoms with E-state index in [0.717, 1.165) is 17.4 Å². The molecular weight excluding hydrogens is 379 g/mol. The van der Waals surface area contributed by atoms with Crippen molar-refractivity contribution >= 4 is 18.7 Å². The first-order chi connectivity index (χ1) is 14.2. The van der Waals surface area contributed by atoms with Crippen molar-refractivity contribution in [1.29, 1.82) is 0 Å². The van der Waals surface area contributed by atoms with E-state index in [4.69, 9.17) is 18.8 Å². The normalized spacial score (nSPS) is 17.9. The molecule has 1 heterocycles. The third-order valence-electron chi connectivity index (χ3n) is 5.73. The smallest absolute Gasteiger partial charge is 0.494 e. The first-order valence-corrected chi connectivity index (χ1v) is 10.3. The summed E-state index contributed by atoms with van der Waals surface area (Å²) in [5.74, 6) is 0.913. The lowest BCUT2D eigenvalue weighted by molar-refractivity contribution is 0.00578. The van der Waals surface area contributed by atoms with Gasteiger partial charge in [0.2, 0.25) is 0 Å². The Hall–Kier alpha value is -2.28. The van der Waals surface area contributed by atoms with Crippen molar-refractivity contribution in [2.24, 2.45) is 0 Å². The quantitative estimate of drug-likeness (QED) is 0.395. The topological polar surface area (TPSA) is 57.2 Å². The first-order valence-electron chi connectivity index (χ1n) is 10.3. The molecule has 1 aliphatic heterocycles. The number of hydrogen-bond donors (Lipinski definition) is 1. The molecule has 0 saturated carbocycles. The van der Waals surface area contributed by atoms with E-state index in [9.17, 15) is 5.11 Å². The van der Waals surface area contributed by atoms with Gasteiger partial charge in [0.25, 0.3) is 0 Å². The highest BCUT2D eigenvalue weighted by Crippen LogP contribution is 2.36. The molecule has 0 aromatic heterocycles. The molecule has 0 atom stereocenters. The molecule has 1 aliphatic rings. The van der Waals surface area contributed by atoms with Gasteiger partial charge in [-0.3, -0.25) is 0 Å². The minimum Gasteiger partial charge on any atom is -0.512 e. The Kier molecular flexibility index (Phi) is 6.91. The standard InChI is InChI=1S/C24H31BO5/c1-23(2)24(3,4)30-25(29-23)20-12-14-22(28-17-27-5)19(15-20)16-21(26)13-11-18-9-7-6-8-10-18/h6-10,12,14-16,26H,11,13,17H2,1-5H3/b21-16-. The average molecular weight is 410 g/mol. The number of ether oxygens (including phenoxy) is 2. The first kappa shape index (κ1) is 22.4. The van der Waals surface area contributed by atoms with Crippen LogP contribution < -0.4 is 10.2 Å². The summed E-state index contributed by atoms with van der Waals surface area (Å²) in [7, 11) is 1.09. The number of aryl methyl sites for hydroxylation is 1. The second-order valence-electron chi connectivity index (χ2n) is 8.56. The zero-order chi connectivity index (χ0) is 21.8. The zero-order valence-corrected chi connectivity index (χ0v) is 18.5. The van der Waals surface area contributed by atoms with Crippen LogP contribution in [0.3, 0.4) is 0 Å². The van der Waals surface area contributed by atoms with Crippen molar-refractivity contribution in [3.63, 3.8) is 0 Å². The molecule has 0 aliphatic carbocycles. The number of aliphatic hydroxyl groups is 1. The SMILES string of the molecule is COCOc1ccc(B2OC(C)(C)C(C)(C)O2)cc1/C=C(\O)CCc1ccccc1. The number of methoxy groups -OCH3 is 1. The van der Waals surface area contributed by atoms with E-state index in [1.165, 1.54) is 5.56 Å². The van der Waals surface area contributed by atoms with Crippen LogP contribution in [0.4, 0.5) is 0 Å². The third-order valence-corrected chi connectivity index (χ3v) is 5.73. The molecule has 0 amide bonds. The van der Waals surface area contributed by atoms with Gasteiger partial charge in [0, 0.05) is 19.1 Å². The summed E-state index contributed by atoms with van der Waals surface area (Å²) in [6.45, 7) is 8.23. The van der Waals surface area contributed by atoms with Gasteiger partial charge in [-0.25, -0.2) is 0 Å². The van der Waals surface area contributed by atoms with E-state index in [2.05, 4.69) is 12.1 Å².